The van der Waals surface area contributed by atoms with Crippen LogP contribution in [0.3, 0.4) is 0 Å². The van der Waals surface area contributed by atoms with Crippen molar-refractivity contribution in [2.75, 3.05) is 0 Å². The summed E-state index contributed by atoms with van der Waals surface area (Å²) >= 11 is 0. The van der Waals surface area contributed by atoms with Crippen molar-refractivity contribution in [3.8, 4) is 0 Å². The van der Waals surface area contributed by atoms with Gasteiger partial charge in [0.05, 0.1) is 0 Å². The van der Waals surface area contributed by atoms with Gasteiger partial charge >= 0.3 is 0 Å². The fourth-order valence-corrected chi connectivity index (χ4v) is 2.29. The normalized spacial score (nSPS) is 11.1. The monoisotopic (exact) mass is 231 g/mol. The molecule has 0 fully saturated rings. The molecule has 0 atom stereocenters. The first-order chi connectivity index (χ1) is 8.24. The highest BCUT2D eigenvalue weighted by molar-refractivity contribution is 5.27. The number of rotatable bonds is 8. The van der Waals surface area contributed by atoms with Gasteiger partial charge < -0.3 is 0 Å². The van der Waals surface area contributed by atoms with Crippen LogP contribution >= 0.6 is 0 Å². The highest BCUT2D eigenvalue weighted by Crippen LogP contribution is 2.17. The smallest absolute Gasteiger partial charge is 0.0253 e. The van der Waals surface area contributed by atoms with E-state index in [1.54, 1.807) is 11.1 Å². The fraction of sp³-hybridized carbons (Fsp3) is 0.588. The molecule has 95 valence electrons. The lowest BCUT2D eigenvalue weighted by Gasteiger charge is -2.11. The Kier molecular flexibility index (Phi) is 7.00. The van der Waals surface area contributed by atoms with E-state index < -0.39 is 0 Å². The van der Waals surface area contributed by atoms with Crippen LogP contribution in [0.25, 0.3) is 0 Å². The largest absolute Gasteiger partial charge is 0.0625 e. The van der Waals surface area contributed by atoms with Crippen molar-refractivity contribution in [1.29, 1.82) is 0 Å². The van der Waals surface area contributed by atoms with E-state index in [0.717, 1.165) is 12.3 Å². The summed E-state index contributed by atoms with van der Waals surface area (Å²) in [6.07, 6.45) is 8.86. The maximum atomic E-state index is 3.89. The maximum Gasteiger partial charge on any atom is -0.0253 e. The van der Waals surface area contributed by atoms with Gasteiger partial charge in [-0.15, -0.1) is 0 Å². The molecule has 0 heterocycles. The van der Waals surface area contributed by atoms with E-state index in [4.69, 9.17) is 0 Å². The molecule has 1 aromatic rings. The van der Waals surface area contributed by atoms with Gasteiger partial charge in [-0.2, -0.15) is 0 Å². The van der Waals surface area contributed by atoms with E-state index in [1.807, 2.05) is 0 Å². The first-order valence-corrected chi connectivity index (χ1v) is 7.10. The molecule has 0 aliphatic heterocycles. The van der Waals surface area contributed by atoms with Crippen LogP contribution in [0.4, 0.5) is 0 Å². The van der Waals surface area contributed by atoms with E-state index in [0.29, 0.717) is 0 Å². The Hall–Kier alpha value is -0.780. The van der Waals surface area contributed by atoms with Gasteiger partial charge in [-0.05, 0) is 36.3 Å². The maximum absolute atomic E-state index is 3.89. The van der Waals surface area contributed by atoms with Crippen LogP contribution in [0, 0.1) is 12.8 Å². The summed E-state index contributed by atoms with van der Waals surface area (Å²) in [6.45, 7) is 8.48. The van der Waals surface area contributed by atoms with Gasteiger partial charge in [0.15, 0.2) is 0 Å². The Morgan fingerprint density at radius 1 is 0.941 bits per heavy atom. The molecule has 0 aliphatic rings. The predicted octanol–water partition coefficient (Wildman–Crippen LogP) is 5.21. The summed E-state index contributed by atoms with van der Waals surface area (Å²) < 4.78 is 0. The van der Waals surface area contributed by atoms with Crippen LogP contribution < -0.4 is 0 Å². The lowest BCUT2D eigenvalue weighted by molar-refractivity contribution is 0.625. The molecule has 17 heavy (non-hydrogen) atoms. The van der Waals surface area contributed by atoms with E-state index in [1.165, 1.54) is 38.5 Å². The van der Waals surface area contributed by atoms with Crippen molar-refractivity contribution in [3.05, 3.63) is 42.3 Å². The molecular formula is C17H27. The Morgan fingerprint density at radius 3 is 2.24 bits per heavy atom. The molecule has 0 aromatic heterocycles. The molecule has 0 bridgehead atoms. The molecule has 0 unspecified atom stereocenters. The summed E-state index contributed by atoms with van der Waals surface area (Å²) in [5, 5.41) is 0. The third kappa shape index (κ3) is 5.91. The van der Waals surface area contributed by atoms with Crippen molar-refractivity contribution >= 4 is 0 Å². The molecule has 0 amide bonds. The quantitative estimate of drug-likeness (QED) is 0.539. The van der Waals surface area contributed by atoms with Crippen molar-refractivity contribution in [2.45, 2.75) is 58.8 Å². The zero-order valence-electron chi connectivity index (χ0n) is 11.5. The second kappa shape index (κ2) is 8.33. The Balaban J connectivity index is 2.40. The number of hydrogen-bond acceptors (Lipinski definition) is 0. The molecule has 1 rings (SSSR count). The van der Waals surface area contributed by atoms with Gasteiger partial charge in [0.25, 0.3) is 0 Å². The first kappa shape index (κ1) is 14.3. The van der Waals surface area contributed by atoms with Crippen molar-refractivity contribution in [2.24, 2.45) is 5.92 Å². The lowest BCUT2D eigenvalue weighted by Crippen LogP contribution is -1.99. The third-order valence-electron chi connectivity index (χ3n) is 3.19. The average molecular weight is 231 g/mol. The van der Waals surface area contributed by atoms with Gasteiger partial charge in [0, 0.05) is 0 Å². The number of benzene rings is 1. The van der Waals surface area contributed by atoms with Crippen LogP contribution in [0.5, 0.6) is 0 Å². The van der Waals surface area contributed by atoms with E-state index in [2.05, 4.69) is 45.0 Å². The topological polar surface area (TPSA) is 0 Å². The van der Waals surface area contributed by atoms with Gasteiger partial charge in [-0.3, -0.25) is 0 Å². The molecule has 0 spiro atoms. The summed E-state index contributed by atoms with van der Waals surface area (Å²) in [5.74, 6) is 0.752. The van der Waals surface area contributed by atoms with Crippen molar-refractivity contribution < 1.29 is 0 Å². The van der Waals surface area contributed by atoms with Crippen LogP contribution in [-0.2, 0) is 12.8 Å². The SMILES string of the molecule is [CH2]CCCCCCc1ccccc1CC(C)C. The highest BCUT2D eigenvalue weighted by atomic mass is 14.1. The van der Waals surface area contributed by atoms with Crippen LogP contribution in [0.15, 0.2) is 24.3 Å². The van der Waals surface area contributed by atoms with Gasteiger partial charge in [0.1, 0.15) is 0 Å². The summed E-state index contributed by atoms with van der Waals surface area (Å²) in [6, 6.07) is 8.95. The zero-order valence-corrected chi connectivity index (χ0v) is 11.5. The van der Waals surface area contributed by atoms with Gasteiger partial charge in [-0.25, -0.2) is 0 Å². The molecule has 0 aliphatic carbocycles. The van der Waals surface area contributed by atoms with Crippen LogP contribution in [-0.4, -0.2) is 0 Å². The molecule has 0 N–H and O–H groups in total. The van der Waals surface area contributed by atoms with E-state index in [-0.39, 0.29) is 0 Å². The standard InChI is InChI=1S/C17H27/c1-4-5-6-7-8-11-16-12-9-10-13-17(16)14-15(2)3/h9-10,12-13,15H,1,4-8,11,14H2,2-3H3. The Morgan fingerprint density at radius 2 is 1.59 bits per heavy atom. The predicted molar refractivity (Wildman–Crippen MR) is 77.1 cm³/mol. The lowest BCUT2D eigenvalue weighted by atomic mass is 9.95. The Bertz CT molecular complexity index is 299. The molecule has 0 nitrogen and oxygen atoms in total. The summed E-state index contributed by atoms with van der Waals surface area (Å²) in [4.78, 5) is 0. The third-order valence-corrected chi connectivity index (χ3v) is 3.19. The molecule has 1 radical (unpaired) electrons. The average Bonchev–Trinajstić information content (AvgIpc) is 2.30. The van der Waals surface area contributed by atoms with Crippen LogP contribution in [0.2, 0.25) is 0 Å². The van der Waals surface area contributed by atoms with Crippen molar-refractivity contribution in [3.63, 3.8) is 0 Å². The second-order valence-corrected chi connectivity index (χ2v) is 5.38. The molecule has 0 heteroatoms. The highest BCUT2D eigenvalue weighted by Gasteiger charge is 2.03. The summed E-state index contributed by atoms with van der Waals surface area (Å²) in [7, 11) is 0. The van der Waals surface area contributed by atoms with Crippen molar-refractivity contribution in [1.82, 2.24) is 0 Å². The first-order valence-electron chi connectivity index (χ1n) is 7.10. The molecule has 1 aromatic carbocycles. The van der Waals surface area contributed by atoms with E-state index >= 15 is 0 Å². The zero-order chi connectivity index (χ0) is 12.5. The second-order valence-electron chi connectivity index (χ2n) is 5.38. The number of hydrogen-bond donors (Lipinski definition) is 0. The minimum absolute atomic E-state index is 0.752. The molecule has 0 saturated carbocycles. The molecular weight excluding hydrogens is 204 g/mol. The minimum atomic E-state index is 0.752. The number of aryl methyl sites for hydroxylation is 1. The summed E-state index contributed by atoms with van der Waals surface area (Å²) in [5.41, 5.74) is 3.12. The van der Waals surface area contributed by atoms with Crippen LogP contribution in [0.1, 0.15) is 57.1 Å². The fourth-order valence-electron chi connectivity index (χ4n) is 2.29. The minimum Gasteiger partial charge on any atom is -0.0625 e. The van der Waals surface area contributed by atoms with E-state index in [9.17, 15) is 0 Å². The number of unbranched alkanes of at least 4 members (excludes halogenated alkanes) is 4. The van der Waals surface area contributed by atoms with Gasteiger partial charge in [0.2, 0.25) is 0 Å². The Labute approximate surface area is 107 Å². The van der Waals surface area contributed by atoms with Gasteiger partial charge in [-0.1, -0.05) is 70.7 Å². The molecule has 0 saturated heterocycles.